The SMILES string of the molecule is CCN(C(=O)O)C(=O)c1ccccc1. The van der Waals surface area contributed by atoms with Crippen LogP contribution >= 0.6 is 0 Å². The van der Waals surface area contributed by atoms with Gasteiger partial charge in [0.15, 0.2) is 0 Å². The first kappa shape index (κ1) is 10.2. The molecule has 0 aromatic heterocycles. The highest BCUT2D eigenvalue weighted by Crippen LogP contribution is 2.04. The molecule has 1 aromatic rings. The number of hydrogen-bond acceptors (Lipinski definition) is 2. The van der Waals surface area contributed by atoms with E-state index in [0.717, 1.165) is 4.90 Å². The molecule has 1 aromatic carbocycles. The van der Waals surface area contributed by atoms with E-state index in [1.807, 2.05) is 0 Å². The van der Waals surface area contributed by atoms with Gasteiger partial charge in [-0.25, -0.2) is 9.69 Å². The standard InChI is InChI=1S/C10H11NO3/c1-2-11(10(13)14)9(12)8-6-4-3-5-7-8/h3-7H,2H2,1H3,(H,13,14). The molecule has 0 aliphatic rings. The van der Waals surface area contributed by atoms with Crippen LogP contribution in [-0.2, 0) is 0 Å². The van der Waals surface area contributed by atoms with Crippen molar-refractivity contribution in [3.63, 3.8) is 0 Å². The van der Waals surface area contributed by atoms with E-state index in [-0.39, 0.29) is 6.54 Å². The summed E-state index contributed by atoms with van der Waals surface area (Å²) in [5.41, 5.74) is 0.386. The maximum absolute atomic E-state index is 11.6. The first-order valence-electron chi connectivity index (χ1n) is 4.26. The number of carboxylic acid groups (broad SMARTS) is 1. The summed E-state index contributed by atoms with van der Waals surface area (Å²) in [4.78, 5) is 23.0. The Morgan fingerprint density at radius 3 is 2.29 bits per heavy atom. The molecular formula is C10H11NO3. The Morgan fingerprint density at radius 1 is 1.29 bits per heavy atom. The van der Waals surface area contributed by atoms with E-state index in [4.69, 9.17) is 5.11 Å². The number of rotatable bonds is 2. The van der Waals surface area contributed by atoms with Crippen LogP contribution in [-0.4, -0.2) is 28.6 Å². The lowest BCUT2D eigenvalue weighted by atomic mass is 10.2. The van der Waals surface area contributed by atoms with Crippen molar-refractivity contribution in [3.05, 3.63) is 35.9 Å². The molecular weight excluding hydrogens is 182 g/mol. The third-order valence-electron chi connectivity index (χ3n) is 1.81. The summed E-state index contributed by atoms with van der Waals surface area (Å²) >= 11 is 0. The molecule has 0 heterocycles. The minimum atomic E-state index is -1.22. The van der Waals surface area contributed by atoms with Crippen LogP contribution in [0.4, 0.5) is 4.79 Å². The summed E-state index contributed by atoms with van der Waals surface area (Å²) in [5.74, 6) is -0.486. The molecule has 4 heteroatoms. The lowest BCUT2D eigenvalue weighted by Crippen LogP contribution is -2.35. The summed E-state index contributed by atoms with van der Waals surface area (Å²) in [6, 6.07) is 8.35. The molecule has 0 spiro atoms. The van der Waals surface area contributed by atoms with Crippen LogP contribution in [0.2, 0.25) is 0 Å². The molecule has 0 aliphatic carbocycles. The Hall–Kier alpha value is -1.84. The Labute approximate surface area is 81.8 Å². The molecule has 4 nitrogen and oxygen atoms in total. The van der Waals surface area contributed by atoms with Crippen LogP contribution in [0, 0.1) is 0 Å². The Balaban J connectivity index is 2.89. The Morgan fingerprint density at radius 2 is 1.86 bits per heavy atom. The molecule has 1 rings (SSSR count). The predicted octanol–water partition coefficient (Wildman–Crippen LogP) is 1.83. The highest BCUT2D eigenvalue weighted by atomic mass is 16.4. The minimum absolute atomic E-state index is 0.156. The molecule has 0 fully saturated rings. The van der Waals surface area contributed by atoms with Gasteiger partial charge in [0.2, 0.25) is 0 Å². The molecule has 0 saturated carbocycles. The van der Waals surface area contributed by atoms with Gasteiger partial charge in [-0.1, -0.05) is 18.2 Å². The zero-order valence-electron chi connectivity index (χ0n) is 7.80. The lowest BCUT2D eigenvalue weighted by Gasteiger charge is -2.14. The van der Waals surface area contributed by atoms with E-state index in [0.29, 0.717) is 5.56 Å². The third kappa shape index (κ3) is 2.10. The fourth-order valence-corrected chi connectivity index (χ4v) is 1.10. The van der Waals surface area contributed by atoms with Crippen LogP contribution in [0.25, 0.3) is 0 Å². The van der Waals surface area contributed by atoms with Crippen LogP contribution in [0.3, 0.4) is 0 Å². The van der Waals surface area contributed by atoms with E-state index < -0.39 is 12.0 Å². The van der Waals surface area contributed by atoms with Crippen molar-refractivity contribution < 1.29 is 14.7 Å². The molecule has 1 N–H and O–H groups in total. The first-order valence-corrected chi connectivity index (χ1v) is 4.26. The van der Waals surface area contributed by atoms with E-state index >= 15 is 0 Å². The lowest BCUT2D eigenvalue weighted by molar-refractivity contribution is 0.0751. The number of nitrogens with zero attached hydrogens (tertiary/aromatic N) is 1. The van der Waals surface area contributed by atoms with Gasteiger partial charge in [0.05, 0.1) is 0 Å². The van der Waals surface area contributed by atoms with Crippen molar-refractivity contribution in [2.24, 2.45) is 0 Å². The number of carbonyl (C=O) groups excluding carboxylic acids is 1. The number of hydrogen-bond donors (Lipinski definition) is 1. The van der Waals surface area contributed by atoms with Crippen molar-refractivity contribution in [1.82, 2.24) is 4.90 Å². The van der Waals surface area contributed by atoms with Crippen LogP contribution in [0.1, 0.15) is 17.3 Å². The number of imide groups is 1. The molecule has 0 saturated heterocycles. The maximum atomic E-state index is 11.6. The summed E-state index contributed by atoms with van der Waals surface area (Å²) < 4.78 is 0. The molecule has 2 amide bonds. The average Bonchev–Trinajstić information content (AvgIpc) is 2.19. The summed E-state index contributed by atoms with van der Waals surface area (Å²) in [5, 5.41) is 8.71. The van der Waals surface area contributed by atoms with E-state index in [1.54, 1.807) is 37.3 Å². The summed E-state index contributed by atoms with van der Waals surface area (Å²) in [6.07, 6.45) is -1.22. The van der Waals surface area contributed by atoms with Gasteiger partial charge in [-0.2, -0.15) is 0 Å². The topological polar surface area (TPSA) is 57.6 Å². The van der Waals surface area contributed by atoms with Gasteiger partial charge in [0.1, 0.15) is 0 Å². The van der Waals surface area contributed by atoms with E-state index in [2.05, 4.69) is 0 Å². The van der Waals surface area contributed by atoms with Crippen LogP contribution < -0.4 is 0 Å². The average molecular weight is 193 g/mol. The van der Waals surface area contributed by atoms with Gasteiger partial charge < -0.3 is 5.11 Å². The van der Waals surface area contributed by atoms with Crippen LogP contribution in [0.5, 0.6) is 0 Å². The number of amides is 2. The Kier molecular flexibility index (Phi) is 3.23. The van der Waals surface area contributed by atoms with Crippen molar-refractivity contribution in [3.8, 4) is 0 Å². The van der Waals surface area contributed by atoms with Crippen molar-refractivity contribution in [1.29, 1.82) is 0 Å². The highest BCUT2D eigenvalue weighted by Gasteiger charge is 2.19. The summed E-state index contributed by atoms with van der Waals surface area (Å²) in [7, 11) is 0. The van der Waals surface area contributed by atoms with Crippen molar-refractivity contribution in [2.75, 3.05) is 6.54 Å². The Bertz CT molecular complexity index is 334. The van der Waals surface area contributed by atoms with Gasteiger partial charge in [0, 0.05) is 12.1 Å². The van der Waals surface area contributed by atoms with Crippen molar-refractivity contribution in [2.45, 2.75) is 6.92 Å². The number of carbonyl (C=O) groups is 2. The number of benzene rings is 1. The molecule has 14 heavy (non-hydrogen) atoms. The van der Waals surface area contributed by atoms with Crippen LogP contribution in [0.15, 0.2) is 30.3 Å². The summed E-state index contributed by atoms with van der Waals surface area (Å²) in [6.45, 7) is 1.78. The van der Waals surface area contributed by atoms with Gasteiger partial charge in [0.25, 0.3) is 5.91 Å². The van der Waals surface area contributed by atoms with E-state index in [1.165, 1.54) is 0 Å². The largest absolute Gasteiger partial charge is 0.465 e. The molecule has 0 unspecified atom stereocenters. The van der Waals surface area contributed by atoms with Gasteiger partial charge in [-0.3, -0.25) is 4.79 Å². The molecule has 0 bridgehead atoms. The van der Waals surface area contributed by atoms with Gasteiger partial charge in [-0.15, -0.1) is 0 Å². The predicted molar refractivity (Wildman–Crippen MR) is 51.2 cm³/mol. The zero-order valence-corrected chi connectivity index (χ0v) is 7.80. The fourth-order valence-electron chi connectivity index (χ4n) is 1.10. The molecule has 0 atom stereocenters. The van der Waals surface area contributed by atoms with Gasteiger partial charge in [-0.05, 0) is 19.1 Å². The third-order valence-corrected chi connectivity index (χ3v) is 1.81. The second kappa shape index (κ2) is 4.41. The molecule has 0 aliphatic heterocycles. The second-order valence-electron chi connectivity index (χ2n) is 2.70. The normalized spacial score (nSPS) is 9.50. The maximum Gasteiger partial charge on any atom is 0.414 e. The molecule has 74 valence electrons. The fraction of sp³-hybridized carbons (Fsp3) is 0.200. The van der Waals surface area contributed by atoms with Crippen molar-refractivity contribution >= 4 is 12.0 Å². The van der Waals surface area contributed by atoms with E-state index in [9.17, 15) is 9.59 Å². The minimum Gasteiger partial charge on any atom is -0.465 e. The quantitative estimate of drug-likeness (QED) is 0.779. The second-order valence-corrected chi connectivity index (χ2v) is 2.70. The first-order chi connectivity index (χ1) is 6.66. The smallest absolute Gasteiger partial charge is 0.414 e. The molecule has 0 radical (unpaired) electrons. The van der Waals surface area contributed by atoms with Gasteiger partial charge >= 0.3 is 6.09 Å². The highest BCUT2D eigenvalue weighted by molar-refractivity contribution is 6.02. The monoisotopic (exact) mass is 193 g/mol. The zero-order chi connectivity index (χ0) is 10.6.